The fraction of sp³-hybridized carbons (Fsp3) is 0.800. The average molecular weight is 329 g/mol. The molecule has 2 bridgehead atoms. The summed E-state index contributed by atoms with van der Waals surface area (Å²) in [6.07, 6.45) is 7.45. The van der Waals surface area contributed by atoms with Crippen LogP contribution in [0.25, 0.3) is 0 Å². The zero-order valence-electron chi connectivity index (χ0n) is 11.6. The van der Waals surface area contributed by atoms with E-state index in [0.717, 1.165) is 25.7 Å². The lowest BCUT2D eigenvalue weighted by molar-refractivity contribution is -0.213. The van der Waals surface area contributed by atoms with E-state index in [-0.39, 0.29) is 4.83 Å². The highest BCUT2D eigenvalue weighted by Crippen LogP contribution is 2.55. The predicted molar refractivity (Wildman–Crippen MR) is 76.2 cm³/mol. The van der Waals surface area contributed by atoms with Crippen molar-refractivity contribution < 1.29 is 14.3 Å². The molecule has 1 saturated carbocycles. The lowest BCUT2D eigenvalue weighted by Gasteiger charge is -2.39. The van der Waals surface area contributed by atoms with Gasteiger partial charge in [-0.1, -0.05) is 34.5 Å². The molecule has 0 amide bonds. The monoisotopic (exact) mass is 328 g/mol. The lowest BCUT2D eigenvalue weighted by Crippen LogP contribution is -2.48. The molecule has 2 fully saturated rings. The SMILES string of the molecule is CCC1(CO[C@@]23CC(C)=C[C@@](C=O)(CO2)[C@@H]3Br)CC1. The molecule has 3 atom stereocenters. The second kappa shape index (κ2) is 4.40. The maximum Gasteiger partial charge on any atom is 0.185 e. The molecule has 1 heterocycles. The van der Waals surface area contributed by atoms with Gasteiger partial charge in [0.15, 0.2) is 5.79 Å². The molecule has 0 N–H and O–H groups in total. The number of carbonyl (C=O) groups is 1. The van der Waals surface area contributed by atoms with Crippen molar-refractivity contribution in [3.05, 3.63) is 11.6 Å². The Balaban J connectivity index is 1.80. The Morgan fingerprint density at radius 1 is 1.58 bits per heavy atom. The molecule has 2 aliphatic carbocycles. The molecular weight excluding hydrogens is 308 g/mol. The molecule has 106 valence electrons. The van der Waals surface area contributed by atoms with Crippen LogP contribution in [0.5, 0.6) is 0 Å². The second-order valence-electron chi connectivity index (χ2n) is 6.50. The van der Waals surface area contributed by atoms with Crippen molar-refractivity contribution >= 4 is 22.2 Å². The van der Waals surface area contributed by atoms with Gasteiger partial charge in [0.2, 0.25) is 0 Å². The van der Waals surface area contributed by atoms with E-state index in [4.69, 9.17) is 9.47 Å². The topological polar surface area (TPSA) is 35.5 Å². The van der Waals surface area contributed by atoms with Crippen LogP contribution in [0.3, 0.4) is 0 Å². The van der Waals surface area contributed by atoms with Crippen molar-refractivity contribution in [3.8, 4) is 0 Å². The average Bonchev–Trinajstić information content (AvgIpc) is 3.16. The third-order valence-electron chi connectivity index (χ3n) is 5.01. The highest BCUT2D eigenvalue weighted by atomic mass is 79.9. The third kappa shape index (κ3) is 2.03. The molecule has 0 aromatic heterocycles. The molecular formula is C15H21BrO3. The van der Waals surface area contributed by atoms with Crippen LogP contribution in [0, 0.1) is 10.8 Å². The minimum absolute atomic E-state index is 0.0821. The summed E-state index contributed by atoms with van der Waals surface area (Å²) in [4.78, 5) is 11.4. The maximum absolute atomic E-state index is 11.5. The highest BCUT2D eigenvalue weighted by molar-refractivity contribution is 9.09. The van der Waals surface area contributed by atoms with Crippen LogP contribution < -0.4 is 0 Å². The molecule has 3 nitrogen and oxygen atoms in total. The van der Waals surface area contributed by atoms with Gasteiger partial charge in [0, 0.05) is 6.42 Å². The van der Waals surface area contributed by atoms with Crippen molar-refractivity contribution in [2.75, 3.05) is 13.2 Å². The molecule has 0 radical (unpaired) electrons. The molecule has 4 heteroatoms. The van der Waals surface area contributed by atoms with Crippen molar-refractivity contribution in [2.24, 2.45) is 10.8 Å². The first-order chi connectivity index (χ1) is 9.00. The van der Waals surface area contributed by atoms with Crippen molar-refractivity contribution in [1.29, 1.82) is 0 Å². The van der Waals surface area contributed by atoms with Crippen molar-refractivity contribution in [3.63, 3.8) is 0 Å². The Labute approximate surface area is 122 Å². The van der Waals surface area contributed by atoms with E-state index < -0.39 is 11.2 Å². The van der Waals surface area contributed by atoms with Crippen LogP contribution in [0.15, 0.2) is 11.6 Å². The summed E-state index contributed by atoms with van der Waals surface area (Å²) in [5.41, 5.74) is 0.999. The van der Waals surface area contributed by atoms with Gasteiger partial charge in [-0.05, 0) is 31.6 Å². The zero-order chi connectivity index (χ0) is 13.7. The summed E-state index contributed by atoms with van der Waals surface area (Å²) in [7, 11) is 0. The fourth-order valence-corrected chi connectivity index (χ4v) is 4.10. The van der Waals surface area contributed by atoms with Crippen LogP contribution in [0.4, 0.5) is 0 Å². The number of aldehydes is 1. The molecule has 0 aromatic carbocycles. The number of fused-ring (bicyclic) bond motifs is 2. The van der Waals surface area contributed by atoms with E-state index in [1.807, 2.05) is 6.08 Å². The molecule has 0 unspecified atom stereocenters. The van der Waals surface area contributed by atoms with E-state index in [9.17, 15) is 4.79 Å². The largest absolute Gasteiger partial charge is 0.348 e. The molecule has 0 spiro atoms. The predicted octanol–water partition coefficient (Wildman–Crippen LogP) is 3.22. The van der Waals surface area contributed by atoms with Crippen LogP contribution in [-0.2, 0) is 14.3 Å². The highest BCUT2D eigenvalue weighted by Gasteiger charge is 2.61. The van der Waals surface area contributed by atoms with Gasteiger partial charge < -0.3 is 14.3 Å². The van der Waals surface area contributed by atoms with E-state index in [1.54, 1.807) is 0 Å². The normalized spacial score (nSPS) is 42.9. The van der Waals surface area contributed by atoms with E-state index in [2.05, 4.69) is 29.8 Å². The zero-order valence-corrected chi connectivity index (χ0v) is 13.2. The van der Waals surface area contributed by atoms with Crippen molar-refractivity contribution in [2.45, 2.75) is 50.1 Å². The lowest BCUT2D eigenvalue weighted by atomic mass is 9.77. The summed E-state index contributed by atoms with van der Waals surface area (Å²) >= 11 is 3.67. The number of carbonyl (C=O) groups excluding carboxylic acids is 1. The Kier molecular flexibility index (Phi) is 3.19. The molecule has 1 aliphatic heterocycles. The standard InChI is InChI=1S/C15H21BrO3/c1-3-13(4-5-13)9-18-15-7-11(2)6-14(8-17,10-19-15)12(15)16/h6,8,12H,3-5,7,9-10H2,1-2H3/t12-,14+,15-/m0/s1. The first-order valence-corrected chi connectivity index (χ1v) is 7.98. The quantitative estimate of drug-likeness (QED) is 0.441. The first-order valence-electron chi connectivity index (χ1n) is 7.06. The van der Waals surface area contributed by atoms with E-state index in [1.165, 1.54) is 18.4 Å². The molecule has 3 rings (SSSR count). The van der Waals surface area contributed by atoms with E-state index in [0.29, 0.717) is 12.0 Å². The Hall–Kier alpha value is -0.190. The number of rotatable bonds is 5. The second-order valence-corrected chi connectivity index (χ2v) is 7.42. The van der Waals surface area contributed by atoms with Gasteiger partial charge in [-0.25, -0.2) is 0 Å². The van der Waals surface area contributed by atoms with Crippen LogP contribution in [-0.4, -0.2) is 30.1 Å². The number of hydrogen-bond acceptors (Lipinski definition) is 3. The maximum atomic E-state index is 11.5. The summed E-state index contributed by atoms with van der Waals surface area (Å²) in [5.74, 6) is -0.648. The van der Waals surface area contributed by atoms with Gasteiger partial charge in [-0.3, -0.25) is 0 Å². The van der Waals surface area contributed by atoms with Crippen molar-refractivity contribution in [1.82, 2.24) is 0 Å². The first kappa shape index (κ1) is 13.8. The summed E-state index contributed by atoms with van der Waals surface area (Å²) in [5, 5.41) is 0. The minimum Gasteiger partial charge on any atom is -0.348 e. The van der Waals surface area contributed by atoms with Gasteiger partial charge in [0.1, 0.15) is 6.29 Å². The van der Waals surface area contributed by atoms with Gasteiger partial charge in [-0.2, -0.15) is 0 Å². The third-order valence-corrected chi connectivity index (χ3v) is 6.56. The van der Waals surface area contributed by atoms with Crippen LogP contribution in [0.2, 0.25) is 0 Å². The molecule has 0 aromatic rings. The van der Waals surface area contributed by atoms with Gasteiger partial charge >= 0.3 is 0 Å². The fourth-order valence-electron chi connectivity index (χ4n) is 3.30. The molecule has 1 saturated heterocycles. The Bertz CT molecular complexity index is 429. The molecule has 3 aliphatic rings. The Morgan fingerprint density at radius 3 is 2.89 bits per heavy atom. The number of ether oxygens (including phenoxy) is 2. The summed E-state index contributed by atoms with van der Waals surface area (Å²) in [6.45, 7) is 5.43. The van der Waals surface area contributed by atoms with Gasteiger partial charge in [0.05, 0.1) is 23.5 Å². The summed E-state index contributed by atoms with van der Waals surface area (Å²) < 4.78 is 12.2. The number of hydrogen-bond donors (Lipinski definition) is 0. The van der Waals surface area contributed by atoms with E-state index >= 15 is 0 Å². The van der Waals surface area contributed by atoms with Crippen LogP contribution in [0.1, 0.15) is 39.5 Å². The number of alkyl halides is 1. The number of halogens is 1. The smallest absolute Gasteiger partial charge is 0.185 e. The Morgan fingerprint density at radius 2 is 2.32 bits per heavy atom. The molecule has 19 heavy (non-hydrogen) atoms. The summed E-state index contributed by atoms with van der Waals surface area (Å²) in [6, 6.07) is 0. The van der Waals surface area contributed by atoms with Crippen LogP contribution >= 0.6 is 15.9 Å². The minimum atomic E-state index is -0.648. The van der Waals surface area contributed by atoms with Gasteiger partial charge in [-0.15, -0.1) is 0 Å². The van der Waals surface area contributed by atoms with Gasteiger partial charge in [0.25, 0.3) is 0 Å².